The zero-order chi connectivity index (χ0) is 17.1. The third-order valence-corrected chi connectivity index (χ3v) is 3.98. The lowest BCUT2D eigenvalue weighted by Crippen LogP contribution is -1.81. The Hall–Kier alpha value is -3.64. The molecule has 0 spiro atoms. The maximum absolute atomic E-state index is 9.35. The minimum Gasteiger partial charge on any atom is -0.437 e. The topological polar surface area (TPSA) is 49.8 Å². The molecule has 3 nitrogen and oxygen atoms in total. The Morgan fingerprint density at radius 2 is 1.60 bits per heavy atom. The van der Waals surface area contributed by atoms with Crippen LogP contribution in [0, 0.1) is 11.3 Å². The van der Waals surface area contributed by atoms with Crippen LogP contribution in [0.2, 0.25) is 0 Å². The van der Waals surface area contributed by atoms with Crippen LogP contribution in [-0.2, 0) is 0 Å². The zero-order valence-electron chi connectivity index (χ0n) is 13.4. The van der Waals surface area contributed by atoms with Crippen molar-refractivity contribution in [2.24, 2.45) is 0 Å². The molecule has 0 bridgehead atoms. The standard InChI is InChI=1S/C22H14N2O/c23-15-17-14-20-22(19-12-6-5-11-18(17)19)24-21(25-20)13-7-4-10-16-8-2-1-3-9-16/h1-14H. The summed E-state index contributed by atoms with van der Waals surface area (Å²) in [4.78, 5) is 4.56. The van der Waals surface area contributed by atoms with Crippen LogP contribution in [0.4, 0.5) is 0 Å². The SMILES string of the molecule is N#Cc1cc2oc(C=CC=Cc3ccccc3)nc2c2ccccc12. The van der Waals surface area contributed by atoms with Gasteiger partial charge in [-0.1, -0.05) is 72.8 Å². The van der Waals surface area contributed by atoms with E-state index in [4.69, 9.17) is 4.42 Å². The Bertz CT molecular complexity index is 1150. The lowest BCUT2D eigenvalue weighted by Gasteiger charge is -1.99. The average Bonchev–Trinajstić information content (AvgIpc) is 3.08. The second kappa shape index (κ2) is 6.46. The average molecular weight is 322 g/mol. The molecule has 3 heteroatoms. The molecule has 0 atom stereocenters. The van der Waals surface area contributed by atoms with Gasteiger partial charge in [0, 0.05) is 22.9 Å². The van der Waals surface area contributed by atoms with Crippen LogP contribution >= 0.6 is 0 Å². The lowest BCUT2D eigenvalue weighted by atomic mass is 10.0. The van der Waals surface area contributed by atoms with Crippen molar-refractivity contribution in [1.29, 1.82) is 5.26 Å². The smallest absolute Gasteiger partial charge is 0.220 e. The molecule has 0 saturated carbocycles. The summed E-state index contributed by atoms with van der Waals surface area (Å²) in [5, 5.41) is 11.2. The molecule has 1 heterocycles. The molecule has 1 aromatic heterocycles. The number of rotatable bonds is 3. The molecule has 0 amide bonds. The van der Waals surface area contributed by atoms with Gasteiger partial charge in [-0.15, -0.1) is 0 Å². The van der Waals surface area contributed by atoms with Gasteiger partial charge in [0.2, 0.25) is 5.89 Å². The van der Waals surface area contributed by atoms with Gasteiger partial charge in [-0.25, -0.2) is 4.98 Å². The summed E-state index contributed by atoms with van der Waals surface area (Å²) in [6.45, 7) is 0. The van der Waals surface area contributed by atoms with Crippen LogP contribution in [0.25, 0.3) is 34.0 Å². The van der Waals surface area contributed by atoms with E-state index in [0.29, 0.717) is 17.0 Å². The maximum atomic E-state index is 9.35. The highest BCUT2D eigenvalue weighted by atomic mass is 16.3. The van der Waals surface area contributed by atoms with Crippen molar-refractivity contribution in [3.8, 4) is 6.07 Å². The van der Waals surface area contributed by atoms with Crippen molar-refractivity contribution in [2.45, 2.75) is 0 Å². The molecule has 118 valence electrons. The second-order valence-corrected chi connectivity index (χ2v) is 5.61. The first kappa shape index (κ1) is 14.9. The van der Waals surface area contributed by atoms with Gasteiger partial charge in [0.1, 0.15) is 5.52 Å². The molecule has 0 aliphatic rings. The molecule has 0 saturated heterocycles. The molecule has 3 aromatic carbocycles. The molecule has 0 fully saturated rings. The van der Waals surface area contributed by atoms with E-state index in [1.54, 1.807) is 6.07 Å². The second-order valence-electron chi connectivity index (χ2n) is 5.61. The number of nitriles is 1. The third kappa shape index (κ3) is 2.93. The molecular weight excluding hydrogens is 308 g/mol. The highest BCUT2D eigenvalue weighted by molar-refractivity contribution is 6.06. The van der Waals surface area contributed by atoms with Crippen molar-refractivity contribution >= 4 is 34.0 Å². The summed E-state index contributed by atoms with van der Waals surface area (Å²) in [7, 11) is 0. The Morgan fingerprint density at radius 3 is 2.40 bits per heavy atom. The van der Waals surface area contributed by atoms with Crippen LogP contribution in [0.15, 0.2) is 77.2 Å². The van der Waals surface area contributed by atoms with Gasteiger partial charge in [-0.3, -0.25) is 0 Å². The van der Waals surface area contributed by atoms with Gasteiger partial charge in [-0.2, -0.15) is 5.26 Å². The van der Waals surface area contributed by atoms with Gasteiger partial charge >= 0.3 is 0 Å². The molecule has 0 aliphatic heterocycles. The first-order valence-electron chi connectivity index (χ1n) is 7.97. The van der Waals surface area contributed by atoms with Gasteiger partial charge < -0.3 is 4.42 Å². The minimum atomic E-state index is 0.521. The van der Waals surface area contributed by atoms with Crippen molar-refractivity contribution in [1.82, 2.24) is 4.98 Å². The van der Waals surface area contributed by atoms with Gasteiger partial charge in [0.25, 0.3) is 0 Å². The highest BCUT2D eigenvalue weighted by Gasteiger charge is 2.11. The largest absolute Gasteiger partial charge is 0.437 e. The van der Waals surface area contributed by atoms with E-state index >= 15 is 0 Å². The fourth-order valence-electron chi connectivity index (χ4n) is 2.81. The number of hydrogen-bond acceptors (Lipinski definition) is 3. The fourth-order valence-corrected chi connectivity index (χ4v) is 2.81. The lowest BCUT2D eigenvalue weighted by molar-refractivity contribution is 0.589. The summed E-state index contributed by atoms with van der Waals surface area (Å²) < 4.78 is 5.79. The van der Waals surface area contributed by atoms with Gasteiger partial charge in [0.05, 0.1) is 11.6 Å². The Balaban J connectivity index is 1.70. The van der Waals surface area contributed by atoms with E-state index in [0.717, 1.165) is 21.9 Å². The first-order chi connectivity index (χ1) is 12.3. The highest BCUT2D eigenvalue weighted by Crippen LogP contribution is 2.28. The van der Waals surface area contributed by atoms with Crippen LogP contribution < -0.4 is 0 Å². The zero-order valence-corrected chi connectivity index (χ0v) is 13.4. The Morgan fingerprint density at radius 1 is 0.880 bits per heavy atom. The quantitative estimate of drug-likeness (QED) is 0.463. The van der Waals surface area contributed by atoms with E-state index in [2.05, 4.69) is 11.1 Å². The van der Waals surface area contributed by atoms with Crippen LogP contribution in [0.1, 0.15) is 17.0 Å². The van der Waals surface area contributed by atoms with Crippen molar-refractivity contribution in [3.05, 3.63) is 89.8 Å². The maximum Gasteiger partial charge on any atom is 0.220 e. The van der Waals surface area contributed by atoms with Gasteiger partial charge in [-0.05, 0) is 5.56 Å². The van der Waals surface area contributed by atoms with E-state index in [-0.39, 0.29) is 0 Å². The number of allylic oxidation sites excluding steroid dienone is 2. The number of fused-ring (bicyclic) bond motifs is 3. The molecule has 4 aromatic rings. The summed E-state index contributed by atoms with van der Waals surface area (Å²) >= 11 is 0. The fraction of sp³-hybridized carbons (Fsp3) is 0. The predicted molar refractivity (Wildman–Crippen MR) is 101 cm³/mol. The van der Waals surface area contributed by atoms with E-state index in [1.807, 2.05) is 78.9 Å². The van der Waals surface area contributed by atoms with E-state index in [1.165, 1.54) is 0 Å². The Kier molecular flexibility index (Phi) is 3.86. The van der Waals surface area contributed by atoms with Crippen LogP contribution in [0.3, 0.4) is 0 Å². The molecule has 0 N–H and O–H groups in total. The van der Waals surface area contributed by atoms with Crippen LogP contribution in [-0.4, -0.2) is 4.98 Å². The molecular formula is C22H14N2O. The predicted octanol–water partition coefficient (Wildman–Crippen LogP) is 5.58. The number of aromatic nitrogens is 1. The van der Waals surface area contributed by atoms with E-state index < -0.39 is 0 Å². The number of oxazole rings is 1. The summed E-state index contributed by atoms with van der Waals surface area (Å²) in [5.41, 5.74) is 3.14. The molecule has 4 rings (SSSR count). The van der Waals surface area contributed by atoms with Crippen molar-refractivity contribution in [2.75, 3.05) is 0 Å². The monoisotopic (exact) mass is 322 g/mol. The minimum absolute atomic E-state index is 0.521. The third-order valence-electron chi connectivity index (χ3n) is 3.98. The van der Waals surface area contributed by atoms with Crippen LogP contribution in [0.5, 0.6) is 0 Å². The van der Waals surface area contributed by atoms with Crippen molar-refractivity contribution in [3.63, 3.8) is 0 Å². The normalized spacial score (nSPS) is 11.6. The molecule has 0 unspecified atom stereocenters. The summed E-state index contributed by atoms with van der Waals surface area (Å²) in [6, 6.07) is 21.8. The summed E-state index contributed by atoms with van der Waals surface area (Å²) in [5.74, 6) is 0.521. The molecule has 0 radical (unpaired) electrons. The first-order valence-corrected chi connectivity index (χ1v) is 7.97. The molecule has 25 heavy (non-hydrogen) atoms. The van der Waals surface area contributed by atoms with E-state index in [9.17, 15) is 5.26 Å². The Labute approximate surface area is 145 Å². The number of hydrogen-bond donors (Lipinski definition) is 0. The van der Waals surface area contributed by atoms with Crippen molar-refractivity contribution < 1.29 is 4.42 Å². The number of benzene rings is 3. The van der Waals surface area contributed by atoms with Gasteiger partial charge in [0.15, 0.2) is 5.58 Å². The summed E-state index contributed by atoms with van der Waals surface area (Å²) in [6.07, 6.45) is 7.68. The number of nitrogens with zero attached hydrogens (tertiary/aromatic N) is 2. The molecule has 0 aliphatic carbocycles.